The second-order valence-corrected chi connectivity index (χ2v) is 3.68. The van der Waals surface area contributed by atoms with E-state index in [2.05, 4.69) is 10.3 Å². The van der Waals surface area contributed by atoms with Gasteiger partial charge in [-0.2, -0.15) is 4.98 Å². The third-order valence-corrected chi connectivity index (χ3v) is 2.22. The minimum atomic E-state index is 0.508. The lowest BCUT2D eigenvalue weighted by molar-refractivity contribution is 0.575. The average Bonchev–Trinajstić information content (AvgIpc) is 2.66. The first-order valence-electron chi connectivity index (χ1n) is 5.26. The SMILES string of the molecule is Cc1cccc(Nc2nc(CCN)co2)c1. The van der Waals surface area contributed by atoms with E-state index in [1.165, 1.54) is 5.56 Å². The molecule has 0 radical (unpaired) electrons. The number of hydrogen-bond donors (Lipinski definition) is 2. The van der Waals surface area contributed by atoms with Gasteiger partial charge in [0.15, 0.2) is 0 Å². The highest BCUT2D eigenvalue weighted by Crippen LogP contribution is 2.16. The fraction of sp³-hybridized carbons (Fsp3) is 0.250. The van der Waals surface area contributed by atoms with Crippen molar-refractivity contribution >= 4 is 11.7 Å². The van der Waals surface area contributed by atoms with Crippen molar-refractivity contribution in [2.24, 2.45) is 5.73 Å². The Morgan fingerprint density at radius 1 is 1.44 bits per heavy atom. The van der Waals surface area contributed by atoms with Crippen LogP contribution in [-0.2, 0) is 6.42 Å². The molecule has 0 aliphatic heterocycles. The number of nitrogens with two attached hydrogens (primary N) is 1. The van der Waals surface area contributed by atoms with Crippen molar-refractivity contribution in [2.75, 3.05) is 11.9 Å². The minimum Gasteiger partial charge on any atom is -0.432 e. The van der Waals surface area contributed by atoms with E-state index in [0.29, 0.717) is 12.6 Å². The van der Waals surface area contributed by atoms with Crippen LogP contribution in [0.25, 0.3) is 0 Å². The largest absolute Gasteiger partial charge is 0.432 e. The summed E-state index contributed by atoms with van der Waals surface area (Å²) in [6.07, 6.45) is 2.37. The lowest BCUT2D eigenvalue weighted by Crippen LogP contribution is -2.02. The smallest absolute Gasteiger partial charge is 0.299 e. The monoisotopic (exact) mass is 217 g/mol. The number of aromatic nitrogens is 1. The summed E-state index contributed by atoms with van der Waals surface area (Å²) in [5, 5.41) is 3.10. The molecule has 1 aromatic heterocycles. The van der Waals surface area contributed by atoms with E-state index < -0.39 is 0 Å². The molecule has 0 amide bonds. The molecule has 0 aliphatic carbocycles. The molecule has 1 aromatic carbocycles. The molecule has 4 heteroatoms. The van der Waals surface area contributed by atoms with Gasteiger partial charge >= 0.3 is 0 Å². The molecular weight excluding hydrogens is 202 g/mol. The number of oxazole rings is 1. The first-order chi connectivity index (χ1) is 7.78. The minimum absolute atomic E-state index is 0.508. The number of anilines is 2. The van der Waals surface area contributed by atoms with Gasteiger partial charge in [-0.05, 0) is 31.2 Å². The number of benzene rings is 1. The molecule has 0 saturated heterocycles. The van der Waals surface area contributed by atoms with Gasteiger partial charge in [0.1, 0.15) is 6.26 Å². The Hall–Kier alpha value is -1.81. The second kappa shape index (κ2) is 4.81. The summed E-state index contributed by atoms with van der Waals surface area (Å²) >= 11 is 0. The van der Waals surface area contributed by atoms with Crippen molar-refractivity contribution in [3.8, 4) is 0 Å². The van der Waals surface area contributed by atoms with Crippen LogP contribution in [0.1, 0.15) is 11.3 Å². The van der Waals surface area contributed by atoms with Crippen molar-refractivity contribution in [3.63, 3.8) is 0 Å². The van der Waals surface area contributed by atoms with Crippen molar-refractivity contribution in [3.05, 3.63) is 41.8 Å². The second-order valence-electron chi connectivity index (χ2n) is 3.68. The van der Waals surface area contributed by atoms with Crippen LogP contribution in [0.3, 0.4) is 0 Å². The third kappa shape index (κ3) is 2.61. The molecule has 1 heterocycles. The van der Waals surface area contributed by atoms with Crippen LogP contribution in [0, 0.1) is 6.92 Å². The Morgan fingerprint density at radius 3 is 3.06 bits per heavy atom. The van der Waals surface area contributed by atoms with Crippen LogP contribution in [-0.4, -0.2) is 11.5 Å². The zero-order valence-corrected chi connectivity index (χ0v) is 9.23. The van der Waals surface area contributed by atoms with Crippen molar-refractivity contribution < 1.29 is 4.42 Å². The standard InChI is InChI=1S/C12H15N3O/c1-9-3-2-4-10(7-9)14-12-15-11(5-6-13)8-16-12/h2-4,7-8H,5-6,13H2,1H3,(H,14,15). The zero-order chi connectivity index (χ0) is 11.4. The van der Waals surface area contributed by atoms with Crippen LogP contribution >= 0.6 is 0 Å². The molecule has 0 aliphatic rings. The van der Waals surface area contributed by atoms with E-state index in [1.807, 2.05) is 31.2 Å². The maximum absolute atomic E-state index is 5.44. The molecule has 0 bridgehead atoms. The summed E-state index contributed by atoms with van der Waals surface area (Å²) in [6, 6.07) is 8.54. The van der Waals surface area contributed by atoms with Gasteiger partial charge < -0.3 is 15.5 Å². The molecular formula is C12H15N3O. The molecule has 0 unspecified atom stereocenters. The predicted molar refractivity (Wildman–Crippen MR) is 63.7 cm³/mol. The molecule has 3 N–H and O–H groups in total. The first-order valence-corrected chi connectivity index (χ1v) is 5.26. The van der Waals surface area contributed by atoms with Gasteiger partial charge in [0.25, 0.3) is 6.01 Å². The number of hydrogen-bond acceptors (Lipinski definition) is 4. The molecule has 0 atom stereocenters. The van der Waals surface area contributed by atoms with E-state index in [9.17, 15) is 0 Å². The van der Waals surface area contributed by atoms with Gasteiger partial charge in [0.05, 0.1) is 5.69 Å². The Kier molecular flexibility index (Phi) is 3.22. The average molecular weight is 217 g/mol. The lowest BCUT2D eigenvalue weighted by atomic mass is 10.2. The van der Waals surface area contributed by atoms with Gasteiger partial charge in [-0.25, -0.2) is 0 Å². The summed E-state index contributed by atoms with van der Waals surface area (Å²) in [5.41, 5.74) is 8.48. The fourth-order valence-electron chi connectivity index (χ4n) is 1.47. The van der Waals surface area contributed by atoms with Gasteiger partial charge in [0.2, 0.25) is 0 Å². The van der Waals surface area contributed by atoms with Gasteiger partial charge in [0, 0.05) is 12.1 Å². The summed E-state index contributed by atoms with van der Waals surface area (Å²) in [7, 11) is 0. The topological polar surface area (TPSA) is 64.1 Å². The van der Waals surface area contributed by atoms with Gasteiger partial charge in [-0.3, -0.25) is 0 Å². The van der Waals surface area contributed by atoms with Crippen molar-refractivity contribution in [2.45, 2.75) is 13.3 Å². The quantitative estimate of drug-likeness (QED) is 0.824. The molecule has 16 heavy (non-hydrogen) atoms. The number of nitrogens with zero attached hydrogens (tertiary/aromatic N) is 1. The van der Waals surface area contributed by atoms with E-state index in [1.54, 1.807) is 6.26 Å². The Labute approximate surface area is 94.5 Å². The lowest BCUT2D eigenvalue weighted by Gasteiger charge is -2.01. The predicted octanol–water partition coefficient (Wildman–Crippen LogP) is 2.23. The summed E-state index contributed by atoms with van der Waals surface area (Å²) < 4.78 is 5.28. The Bertz CT molecular complexity index is 465. The highest BCUT2D eigenvalue weighted by molar-refractivity contribution is 5.53. The maximum atomic E-state index is 5.44. The highest BCUT2D eigenvalue weighted by atomic mass is 16.4. The molecule has 2 rings (SSSR count). The molecule has 2 aromatic rings. The number of rotatable bonds is 4. The highest BCUT2D eigenvalue weighted by Gasteiger charge is 2.03. The van der Waals surface area contributed by atoms with E-state index >= 15 is 0 Å². The molecule has 84 valence electrons. The maximum Gasteiger partial charge on any atom is 0.299 e. The van der Waals surface area contributed by atoms with Crippen LogP contribution < -0.4 is 11.1 Å². The van der Waals surface area contributed by atoms with Crippen molar-refractivity contribution in [1.82, 2.24) is 4.98 Å². The van der Waals surface area contributed by atoms with Gasteiger partial charge in [-0.1, -0.05) is 12.1 Å². The number of aryl methyl sites for hydroxylation is 1. The number of nitrogens with one attached hydrogen (secondary N) is 1. The third-order valence-electron chi connectivity index (χ3n) is 2.22. The van der Waals surface area contributed by atoms with Gasteiger partial charge in [-0.15, -0.1) is 0 Å². The van der Waals surface area contributed by atoms with E-state index in [-0.39, 0.29) is 0 Å². The van der Waals surface area contributed by atoms with Crippen molar-refractivity contribution in [1.29, 1.82) is 0 Å². The van der Waals surface area contributed by atoms with E-state index in [4.69, 9.17) is 10.2 Å². The van der Waals surface area contributed by atoms with Crippen LogP contribution in [0.4, 0.5) is 11.7 Å². The van der Waals surface area contributed by atoms with Crippen LogP contribution in [0.2, 0.25) is 0 Å². The van der Waals surface area contributed by atoms with Crippen LogP contribution in [0.15, 0.2) is 34.9 Å². The Balaban J connectivity index is 2.08. The fourth-order valence-corrected chi connectivity index (χ4v) is 1.47. The Morgan fingerprint density at radius 2 is 2.31 bits per heavy atom. The molecule has 0 fully saturated rings. The normalized spacial score (nSPS) is 10.4. The van der Waals surface area contributed by atoms with Crippen LogP contribution in [0.5, 0.6) is 0 Å². The summed E-state index contributed by atoms with van der Waals surface area (Å²) in [5.74, 6) is 0. The van der Waals surface area contributed by atoms with E-state index in [0.717, 1.165) is 17.8 Å². The zero-order valence-electron chi connectivity index (χ0n) is 9.23. The summed E-state index contributed by atoms with van der Waals surface area (Å²) in [6.45, 7) is 2.62. The summed E-state index contributed by atoms with van der Waals surface area (Å²) in [4.78, 5) is 4.27. The molecule has 0 saturated carbocycles. The molecule has 0 spiro atoms. The first kappa shape index (κ1) is 10.7. The molecule has 4 nitrogen and oxygen atoms in total.